The molecule has 1 aliphatic carbocycles. The maximum absolute atomic E-state index is 6.29. The molecule has 1 saturated heterocycles. The van der Waals surface area contributed by atoms with Crippen LogP contribution in [-0.4, -0.2) is 18.8 Å². The molecule has 1 aliphatic heterocycles. The van der Waals surface area contributed by atoms with Crippen LogP contribution >= 0.6 is 0 Å². The van der Waals surface area contributed by atoms with E-state index in [4.69, 9.17) is 10.5 Å². The van der Waals surface area contributed by atoms with Crippen LogP contribution in [0.1, 0.15) is 39.0 Å². The summed E-state index contributed by atoms with van der Waals surface area (Å²) in [6.45, 7) is 4.17. The Morgan fingerprint density at radius 1 is 1.38 bits per heavy atom. The molecule has 0 radical (unpaired) electrons. The third kappa shape index (κ3) is 2.05. The zero-order valence-corrected chi connectivity index (χ0v) is 8.59. The van der Waals surface area contributed by atoms with E-state index in [9.17, 15) is 0 Å². The molecule has 2 nitrogen and oxygen atoms in total. The molecule has 0 aromatic rings. The van der Waals surface area contributed by atoms with Crippen LogP contribution in [0.4, 0.5) is 0 Å². The summed E-state index contributed by atoms with van der Waals surface area (Å²) < 4.78 is 5.35. The molecule has 0 amide bonds. The topological polar surface area (TPSA) is 35.2 Å². The van der Waals surface area contributed by atoms with Gasteiger partial charge in [0.15, 0.2) is 0 Å². The van der Waals surface area contributed by atoms with Crippen molar-refractivity contribution in [2.45, 2.75) is 44.6 Å². The van der Waals surface area contributed by atoms with E-state index < -0.39 is 0 Å². The van der Waals surface area contributed by atoms with Crippen LogP contribution < -0.4 is 5.73 Å². The fourth-order valence-corrected chi connectivity index (χ4v) is 2.69. The van der Waals surface area contributed by atoms with Gasteiger partial charge in [0.05, 0.1) is 0 Å². The molecule has 2 fully saturated rings. The largest absolute Gasteiger partial charge is 0.381 e. The average molecular weight is 183 g/mol. The van der Waals surface area contributed by atoms with Crippen LogP contribution in [0.3, 0.4) is 0 Å². The fraction of sp³-hybridized carbons (Fsp3) is 1.00. The van der Waals surface area contributed by atoms with Crippen LogP contribution in [0, 0.1) is 11.8 Å². The Morgan fingerprint density at radius 2 is 2.08 bits per heavy atom. The fourth-order valence-electron chi connectivity index (χ4n) is 2.69. The molecular weight excluding hydrogens is 162 g/mol. The van der Waals surface area contributed by atoms with Crippen molar-refractivity contribution in [1.29, 1.82) is 0 Å². The van der Waals surface area contributed by atoms with E-state index in [1.165, 1.54) is 32.1 Å². The first-order chi connectivity index (χ1) is 6.24. The minimum Gasteiger partial charge on any atom is -0.381 e. The molecule has 2 unspecified atom stereocenters. The first-order valence-electron chi connectivity index (χ1n) is 5.61. The van der Waals surface area contributed by atoms with Gasteiger partial charge in [-0.3, -0.25) is 0 Å². The first-order valence-corrected chi connectivity index (χ1v) is 5.61. The second-order valence-electron chi connectivity index (χ2n) is 4.80. The maximum atomic E-state index is 6.29. The molecule has 1 saturated carbocycles. The summed E-state index contributed by atoms with van der Waals surface area (Å²) in [7, 11) is 0. The lowest BCUT2D eigenvalue weighted by atomic mass is 9.90. The third-order valence-corrected chi connectivity index (χ3v) is 3.78. The molecule has 0 bridgehead atoms. The van der Waals surface area contributed by atoms with Gasteiger partial charge >= 0.3 is 0 Å². The van der Waals surface area contributed by atoms with E-state index in [2.05, 4.69) is 6.92 Å². The van der Waals surface area contributed by atoms with Crippen LogP contribution in [0.25, 0.3) is 0 Å². The summed E-state index contributed by atoms with van der Waals surface area (Å²) in [6, 6.07) is 0. The second-order valence-corrected chi connectivity index (χ2v) is 4.80. The van der Waals surface area contributed by atoms with Crippen LogP contribution in [0.2, 0.25) is 0 Å². The molecule has 0 aromatic carbocycles. The summed E-state index contributed by atoms with van der Waals surface area (Å²) in [5.41, 5.74) is 6.51. The van der Waals surface area contributed by atoms with Crippen molar-refractivity contribution in [1.82, 2.24) is 0 Å². The highest BCUT2D eigenvalue weighted by Gasteiger charge is 2.50. The first kappa shape index (κ1) is 9.47. The number of nitrogens with two attached hydrogens (primary N) is 1. The number of hydrogen-bond acceptors (Lipinski definition) is 2. The molecule has 2 N–H and O–H groups in total. The lowest BCUT2D eigenvalue weighted by Crippen LogP contribution is -2.30. The minimum atomic E-state index is 0.219. The van der Waals surface area contributed by atoms with E-state index in [0.717, 1.165) is 25.0 Å². The van der Waals surface area contributed by atoms with Gasteiger partial charge in [-0.1, -0.05) is 13.3 Å². The zero-order valence-electron chi connectivity index (χ0n) is 8.59. The van der Waals surface area contributed by atoms with Crippen LogP contribution in [0.5, 0.6) is 0 Å². The van der Waals surface area contributed by atoms with Crippen molar-refractivity contribution in [2.24, 2.45) is 17.6 Å². The van der Waals surface area contributed by atoms with Crippen LogP contribution in [0.15, 0.2) is 0 Å². The Bertz CT molecular complexity index is 177. The quantitative estimate of drug-likeness (QED) is 0.725. The number of ether oxygens (including phenoxy) is 1. The number of rotatable bonds is 3. The Balaban J connectivity index is 1.77. The van der Waals surface area contributed by atoms with E-state index in [1.807, 2.05) is 0 Å². The maximum Gasteiger partial charge on any atom is 0.0468 e. The molecule has 2 heteroatoms. The predicted octanol–water partition coefficient (Wildman–Crippen LogP) is 1.93. The van der Waals surface area contributed by atoms with Gasteiger partial charge in [0.1, 0.15) is 0 Å². The molecule has 1 heterocycles. The van der Waals surface area contributed by atoms with Crippen molar-refractivity contribution in [3.63, 3.8) is 0 Å². The van der Waals surface area contributed by atoms with Crippen LogP contribution in [-0.2, 0) is 4.74 Å². The standard InChI is InChI=1S/C11H21NO/c1-2-10-8-11(10,12)7-9-3-5-13-6-4-9/h9-10H,2-8,12H2,1H3. The zero-order chi connectivity index (χ0) is 9.31. The molecule has 2 aliphatic rings. The van der Waals surface area contributed by atoms with Gasteiger partial charge < -0.3 is 10.5 Å². The predicted molar refractivity (Wildman–Crippen MR) is 53.5 cm³/mol. The van der Waals surface area contributed by atoms with Gasteiger partial charge in [-0.15, -0.1) is 0 Å². The molecule has 0 spiro atoms. The summed E-state index contributed by atoms with van der Waals surface area (Å²) in [4.78, 5) is 0. The Labute approximate surface area is 80.8 Å². The lowest BCUT2D eigenvalue weighted by molar-refractivity contribution is 0.0604. The minimum absolute atomic E-state index is 0.219. The summed E-state index contributed by atoms with van der Waals surface area (Å²) >= 11 is 0. The highest BCUT2D eigenvalue weighted by atomic mass is 16.5. The van der Waals surface area contributed by atoms with Crippen molar-refractivity contribution < 1.29 is 4.74 Å². The van der Waals surface area contributed by atoms with Crippen molar-refractivity contribution >= 4 is 0 Å². The highest BCUT2D eigenvalue weighted by Crippen LogP contribution is 2.48. The molecule has 76 valence electrons. The van der Waals surface area contributed by atoms with Gasteiger partial charge in [0.2, 0.25) is 0 Å². The molecule has 2 rings (SSSR count). The van der Waals surface area contributed by atoms with Gasteiger partial charge in [-0.2, -0.15) is 0 Å². The monoisotopic (exact) mass is 183 g/mol. The SMILES string of the molecule is CCC1CC1(N)CC1CCOCC1. The normalized spacial score (nSPS) is 40.6. The highest BCUT2D eigenvalue weighted by molar-refractivity contribution is 5.07. The molecular formula is C11H21NO. The third-order valence-electron chi connectivity index (χ3n) is 3.78. The summed E-state index contributed by atoms with van der Waals surface area (Å²) in [5, 5.41) is 0. The van der Waals surface area contributed by atoms with E-state index in [1.54, 1.807) is 0 Å². The Hall–Kier alpha value is -0.0800. The molecule has 0 aromatic heterocycles. The Morgan fingerprint density at radius 3 is 2.62 bits per heavy atom. The van der Waals surface area contributed by atoms with Gasteiger partial charge in [0, 0.05) is 18.8 Å². The molecule has 13 heavy (non-hydrogen) atoms. The lowest BCUT2D eigenvalue weighted by Gasteiger charge is -2.25. The molecule has 2 atom stereocenters. The van der Waals surface area contributed by atoms with Gasteiger partial charge in [-0.05, 0) is 37.5 Å². The van der Waals surface area contributed by atoms with Gasteiger partial charge in [-0.25, -0.2) is 0 Å². The summed E-state index contributed by atoms with van der Waals surface area (Å²) in [6.07, 6.45) is 6.24. The van der Waals surface area contributed by atoms with E-state index in [0.29, 0.717) is 0 Å². The smallest absolute Gasteiger partial charge is 0.0468 e. The van der Waals surface area contributed by atoms with Crippen molar-refractivity contribution in [3.8, 4) is 0 Å². The van der Waals surface area contributed by atoms with E-state index >= 15 is 0 Å². The summed E-state index contributed by atoms with van der Waals surface area (Å²) in [5.74, 6) is 1.66. The van der Waals surface area contributed by atoms with E-state index in [-0.39, 0.29) is 5.54 Å². The van der Waals surface area contributed by atoms with Crippen molar-refractivity contribution in [2.75, 3.05) is 13.2 Å². The Kier molecular flexibility index (Phi) is 2.61. The van der Waals surface area contributed by atoms with Gasteiger partial charge in [0.25, 0.3) is 0 Å². The number of hydrogen-bond donors (Lipinski definition) is 1. The second kappa shape index (κ2) is 3.58. The average Bonchev–Trinajstić information content (AvgIpc) is 2.78. The van der Waals surface area contributed by atoms with Crippen molar-refractivity contribution in [3.05, 3.63) is 0 Å².